The van der Waals surface area contributed by atoms with Crippen molar-refractivity contribution in [3.8, 4) is 11.3 Å². The van der Waals surface area contributed by atoms with Crippen LogP contribution in [0.1, 0.15) is 58.9 Å². The number of aromatic nitrogens is 2. The molecule has 4 aromatic rings. The second-order valence-corrected chi connectivity index (χ2v) is 10.3. The van der Waals surface area contributed by atoms with Gasteiger partial charge in [0, 0.05) is 22.6 Å². The number of benzene rings is 3. The van der Waals surface area contributed by atoms with E-state index in [-0.39, 0.29) is 24.8 Å². The fourth-order valence-corrected chi connectivity index (χ4v) is 5.20. The Labute approximate surface area is 233 Å². The van der Waals surface area contributed by atoms with Gasteiger partial charge in [0.25, 0.3) is 5.91 Å². The number of nitrogens with one attached hydrogen (secondary N) is 1. The average molecular weight is 568 g/mol. The maximum absolute atomic E-state index is 13.7. The fourth-order valence-electron chi connectivity index (χ4n) is 5.00. The molecule has 0 saturated heterocycles. The summed E-state index contributed by atoms with van der Waals surface area (Å²) in [6.07, 6.45) is 1.57. The number of nitrogens with zero attached hydrogens (tertiary/aromatic N) is 2. The van der Waals surface area contributed by atoms with E-state index in [1.807, 2.05) is 18.2 Å². The lowest BCUT2D eigenvalue weighted by Gasteiger charge is -2.26. The molecule has 1 amide bonds. The highest BCUT2D eigenvalue weighted by molar-refractivity contribution is 6.30. The van der Waals surface area contributed by atoms with Crippen molar-refractivity contribution in [1.82, 2.24) is 15.3 Å². The summed E-state index contributed by atoms with van der Waals surface area (Å²) in [5.41, 5.74) is 4.61. The van der Waals surface area contributed by atoms with Crippen LogP contribution in [0.2, 0.25) is 5.02 Å². The number of fused-ring (bicyclic) bond motifs is 2. The Morgan fingerprint density at radius 3 is 2.55 bits per heavy atom. The molecule has 1 atom stereocenters. The van der Waals surface area contributed by atoms with Gasteiger partial charge in [-0.2, -0.15) is 8.78 Å². The molecule has 0 spiro atoms. The highest BCUT2D eigenvalue weighted by Crippen LogP contribution is 2.32. The average Bonchev–Trinajstić information content (AvgIpc) is 2.92. The molecule has 0 saturated carbocycles. The van der Waals surface area contributed by atoms with Crippen molar-refractivity contribution in [3.63, 3.8) is 0 Å². The Hall–Kier alpha value is -3.98. The molecule has 6 nitrogen and oxygen atoms in total. The quantitative estimate of drug-likeness (QED) is 0.241. The van der Waals surface area contributed by atoms with E-state index < -0.39 is 24.1 Å². The first-order chi connectivity index (χ1) is 19.1. The fraction of sp³-hybridized carbons (Fsp3) is 0.267. The standard InChI is InChI=1S/C30H25ClF3N3O3/c31-20-9-12-22-18(15-20)3-1-4-23(22)37-28(38)19-8-13-24-26(16-19)35-25(5-2-14-30(33,34)29(39)40)27(36-24)17-6-10-21(32)11-7-17/h6-13,15-16,23H,1-5,14H2,(H,37,38)(H,39,40)/t23-/m1/s1. The summed E-state index contributed by atoms with van der Waals surface area (Å²) in [5.74, 6) is -6.79. The maximum atomic E-state index is 13.7. The van der Waals surface area contributed by atoms with Gasteiger partial charge in [0.1, 0.15) is 5.82 Å². The summed E-state index contributed by atoms with van der Waals surface area (Å²) in [6, 6.07) is 15.9. The van der Waals surface area contributed by atoms with Crippen molar-refractivity contribution in [1.29, 1.82) is 0 Å². The van der Waals surface area contributed by atoms with Gasteiger partial charge in [-0.25, -0.2) is 19.2 Å². The molecule has 1 heterocycles. The summed E-state index contributed by atoms with van der Waals surface area (Å²) in [6.45, 7) is 0. The Balaban J connectivity index is 1.44. The van der Waals surface area contributed by atoms with Crippen molar-refractivity contribution < 1.29 is 27.9 Å². The topological polar surface area (TPSA) is 92.2 Å². The Morgan fingerprint density at radius 1 is 1.02 bits per heavy atom. The van der Waals surface area contributed by atoms with E-state index in [4.69, 9.17) is 16.7 Å². The number of hydrogen-bond acceptors (Lipinski definition) is 4. The normalized spacial score (nSPS) is 15.1. The van der Waals surface area contributed by atoms with Crippen LogP contribution in [0.5, 0.6) is 0 Å². The molecule has 1 aliphatic rings. The molecule has 206 valence electrons. The lowest BCUT2D eigenvalue weighted by Crippen LogP contribution is -2.31. The maximum Gasteiger partial charge on any atom is 0.374 e. The predicted octanol–water partition coefficient (Wildman–Crippen LogP) is 6.94. The van der Waals surface area contributed by atoms with Crippen molar-refractivity contribution in [3.05, 3.63) is 93.9 Å². The van der Waals surface area contributed by atoms with Gasteiger partial charge in [0.15, 0.2) is 0 Å². The van der Waals surface area contributed by atoms with Crippen molar-refractivity contribution in [2.24, 2.45) is 0 Å². The third-order valence-corrected chi connectivity index (χ3v) is 7.29. The summed E-state index contributed by atoms with van der Waals surface area (Å²) < 4.78 is 40.9. The van der Waals surface area contributed by atoms with Crippen molar-refractivity contribution >= 4 is 34.5 Å². The molecule has 0 unspecified atom stereocenters. The van der Waals surface area contributed by atoms with E-state index in [9.17, 15) is 22.8 Å². The number of aryl methyl sites for hydroxylation is 2. The van der Waals surface area contributed by atoms with E-state index in [1.54, 1.807) is 18.2 Å². The van der Waals surface area contributed by atoms with Gasteiger partial charge in [0.2, 0.25) is 0 Å². The van der Waals surface area contributed by atoms with E-state index in [0.717, 1.165) is 30.4 Å². The molecule has 2 N–H and O–H groups in total. The minimum Gasteiger partial charge on any atom is -0.477 e. The summed E-state index contributed by atoms with van der Waals surface area (Å²) in [4.78, 5) is 33.3. The summed E-state index contributed by atoms with van der Waals surface area (Å²) in [7, 11) is 0. The number of carboxylic acids is 1. The van der Waals surface area contributed by atoms with Crippen LogP contribution in [0.25, 0.3) is 22.3 Å². The number of carboxylic acid groups (broad SMARTS) is 1. The second kappa shape index (κ2) is 11.3. The van der Waals surface area contributed by atoms with E-state index in [2.05, 4.69) is 15.3 Å². The molecule has 0 bridgehead atoms. The van der Waals surface area contributed by atoms with Gasteiger partial charge in [0.05, 0.1) is 28.5 Å². The predicted molar refractivity (Wildman–Crippen MR) is 145 cm³/mol. The summed E-state index contributed by atoms with van der Waals surface area (Å²) >= 11 is 6.14. The van der Waals surface area contributed by atoms with Crippen LogP contribution in [-0.4, -0.2) is 32.9 Å². The number of carbonyl (C=O) groups is 2. The first kappa shape index (κ1) is 27.6. The van der Waals surface area contributed by atoms with Crippen LogP contribution < -0.4 is 5.32 Å². The third kappa shape index (κ3) is 5.94. The highest BCUT2D eigenvalue weighted by atomic mass is 35.5. The van der Waals surface area contributed by atoms with Crippen LogP contribution in [0.4, 0.5) is 13.2 Å². The number of alkyl halides is 2. The molecule has 3 aromatic carbocycles. The summed E-state index contributed by atoms with van der Waals surface area (Å²) in [5, 5.41) is 12.5. The molecule has 5 rings (SSSR count). The Kier molecular flexibility index (Phi) is 7.76. The molecule has 0 aliphatic heterocycles. The van der Waals surface area contributed by atoms with Gasteiger partial charge < -0.3 is 10.4 Å². The molecule has 0 fully saturated rings. The van der Waals surface area contributed by atoms with Gasteiger partial charge in [-0.3, -0.25) is 4.79 Å². The lowest BCUT2D eigenvalue weighted by atomic mass is 9.87. The number of amides is 1. The molecular formula is C30H25ClF3N3O3. The number of halogens is 4. The number of carbonyl (C=O) groups excluding carboxylic acids is 1. The number of aliphatic carboxylic acids is 1. The SMILES string of the molecule is O=C(N[C@@H]1CCCc2cc(Cl)ccc21)c1ccc2nc(-c3ccc(F)cc3)c(CCCC(F)(F)C(=O)O)nc2c1. The highest BCUT2D eigenvalue weighted by Gasteiger charge is 2.38. The lowest BCUT2D eigenvalue weighted by molar-refractivity contribution is -0.165. The molecule has 1 aliphatic carbocycles. The molecule has 40 heavy (non-hydrogen) atoms. The van der Waals surface area contributed by atoms with Crippen LogP contribution in [0.3, 0.4) is 0 Å². The van der Waals surface area contributed by atoms with Gasteiger partial charge in [-0.1, -0.05) is 17.7 Å². The third-order valence-electron chi connectivity index (χ3n) is 7.06. The zero-order valence-corrected chi connectivity index (χ0v) is 22.0. The Bertz CT molecular complexity index is 1590. The zero-order chi connectivity index (χ0) is 28.4. The van der Waals surface area contributed by atoms with Gasteiger partial charge in [-0.15, -0.1) is 0 Å². The molecule has 10 heteroatoms. The first-order valence-corrected chi connectivity index (χ1v) is 13.3. The minimum absolute atomic E-state index is 0.0103. The minimum atomic E-state index is -3.87. The van der Waals surface area contributed by atoms with E-state index >= 15 is 0 Å². The zero-order valence-electron chi connectivity index (χ0n) is 21.3. The van der Waals surface area contributed by atoms with Gasteiger partial charge >= 0.3 is 11.9 Å². The van der Waals surface area contributed by atoms with Crippen LogP contribution in [0, 0.1) is 5.82 Å². The van der Waals surface area contributed by atoms with E-state index in [1.165, 1.54) is 24.3 Å². The van der Waals surface area contributed by atoms with Gasteiger partial charge in [-0.05, 0) is 97.8 Å². The first-order valence-electron chi connectivity index (χ1n) is 12.9. The second-order valence-electron chi connectivity index (χ2n) is 9.85. The molecule has 1 aromatic heterocycles. The molecular weight excluding hydrogens is 543 g/mol. The van der Waals surface area contributed by atoms with Crippen LogP contribution in [0.15, 0.2) is 60.7 Å². The largest absolute Gasteiger partial charge is 0.477 e. The Morgan fingerprint density at radius 2 is 1.80 bits per heavy atom. The molecule has 0 radical (unpaired) electrons. The number of rotatable bonds is 8. The van der Waals surface area contributed by atoms with Crippen LogP contribution >= 0.6 is 11.6 Å². The number of hydrogen-bond donors (Lipinski definition) is 2. The smallest absolute Gasteiger partial charge is 0.374 e. The van der Waals surface area contributed by atoms with E-state index in [0.29, 0.717) is 38.6 Å². The monoisotopic (exact) mass is 567 g/mol. The van der Waals surface area contributed by atoms with Crippen LogP contribution in [-0.2, 0) is 17.6 Å². The van der Waals surface area contributed by atoms with Crippen molar-refractivity contribution in [2.75, 3.05) is 0 Å². The van der Waals surface area contributed by atoms with Crippen molar-refractivity contribution in [2.45, 2.75) is 50.5 Å².